The second-order valence-electron chi connectivity index (χ2n) is 8.54. The highest BCUT2D eigenvalue weighted by molar-refractivity contribution is 5.90. The summed E-state index contributed by atoms with van der Waals surface area (Å²) in [4.78, 5) is 17.8. The average Bonchev–Trinajstić information content (AvgIpc) is 3.10. The highest BCUT2D eigenvalue weighted by Crippen LogP contribution is 2.60. The van der Waals surface area contributed by atoms with Crippen LogP contribution in [-0.2, 0) is 10.2 Å². The van der Waals surface area contributed by atoms with E-state index < -0.39 is 29.2 Å². The van der Waals surface area contributed by atoms with Gasteiger partial charge in [0, 0.05) is 42.9 Å². The van der Waals surface area contributed by atoms with E-state index in [4.69, 9.17) is 10.5 Å². The van der Waals surface area contributed by atoms with Crippen molar-refractivity contribution in [2.75, 3.05) is 31.1 Å². The lowest BCUT2D eigenvalue weighted by atomic mass is 9.95. The zero-order valence-corrected chi connectivity index (χ0v) is 17.7. The Balaban J connectivity index is 1.36. The third-order valence-electron chi connectivity index (χ3n) is 6.79. The molecule has 3 heterocycles. The number of nitriles is 1. The molecule has 8 nitrogen and oxygen atoms in total. The number of piperidine rings is 1. The number of cyclic esters (lactones) is 1. The molecule has 0 radical (unpaired) electrons. The Kier molecular flexibility index (Phi) is 5.23. The number of carbonyl (C=O) groups excluding carboxylic acids is 1. The lowest BCUT2D eigenvalue weighted by Crippen LogP contribution is -2.81. The van der Waals surface area contributed by atoms with Gasteiger partial charge in [-0.15, -0.1) is 0 Å². The maximum absolute atomic E-state index is 15.0. The second kappa shape index (κ2) is 8.10. The SMILES string of the molecule is N#CC1(c2ccc(-c3c(F)cc(N4CC(C[NH2+]C=CN)OC4=O)cc3F)cn2)C2CNCC21. The van der Waals surface area contributed by atoms with Crippen LogP contribution in [0.3, 0.4) is 0 Å². The first-order valence-corrected chi connectivity index (χ1v) is 10.8. The molecular weight excluding hydrogens is 430 g/mol. The molecule has 2 saturated heterocycles. The molecule has 5 N–H and O–H groups in total. The molecular formula is C23H23F2N6O2+. The van der Waals surface area contributed by atoms with Crippen LogP contribution in [0.1, 0.15) is 5.69 Å². The van der Waals surface area contributed by atoms with E-state index in [0.717, 1.165) is 25.2 Å². The van der Waals surface area contributed by atoms with Gasteiger partial charge in [0.05, 0.1) is 29.6 Å². The summed E-state index contributed by atoms with van der Waals surface area (Å²) in [5, 5.41) is 14.7. The maximum atomic E-state index is 15.0. The Morgan fingerprint density at radius 3 is 2.67 bits per heavy atom. The molecule has 2 aromatic rings. The molecule has 3 aliphatic rings. The molecule has 1 amide bonds. The van der Waals surface area contributed by atoms with Crippen LogP contribution < -0.4 is 21.3 Å². The molecule has 5 rings (SSSR count). The van der Waals surface area contributed by atoms with Crippen LogP contribution in [0.4, 0.5) is 19.3 Å². The molecule has 1 aromatic heterocycles. The number of hydrogen-bond donors (Lipinski definition) is 3. The summed E-state index contributed by atoms with van der Waals surface area (Å²) in [6.07, 6.45) is 3.31. The van der Waals surface area contributed by atoms with E-state index in [9.17, 15) is 18.8 Å². The summed E-state index contributed by atoms with van der Waals surface area (Å²) in [6.45, 7) is 2.16. The van der Waals surface area contributed by atoms with Gasteiger partial charge >= 0.3 is 6.09 Å². The number of quaternary nitrogens is 1. The molecule has 33 heavy (non-hydrogen) atoms. The van der Waals surface area contributed by atoms with Gasteiger partial charge in [0.2, 0.25) is 0 Å². The topological polar surface area (TPSA) is 121 Å². The molecule has 3 unspecified atom stereocenters. The minimum Gasteiger partial charge on any atom is -0.438 e. The molecule has 3 fully saturated rings. The Hall–Kier alpha value is -3.55. The first kappa shape index (κ1) is 21.3. The fourth-order valence-electron chi connectivity index (χ4n) is 5.08. The lowest BCUT2D eigenvalue weighted by Gasteiger charge is -2.16. The van der Waals surface area contributed by atoms with E-state index in [2.05, 4.69) is 16.4 Å². The van der Waals surface area contributed by atoms with Crippen LogP contribution in [0.15, 0.2) is 42.9 Å². The van der Waals surface area contributed by atoms with Gasteiger partial charge in [-0.05, 0) is 18.2 Å². The number of hydrogen-bond acceptors (Lipinski definition) is 6. The van der Waals surface area contributed by atoms with Gasteiger partial charge < -0.3 is 21.1 Å². The number of ether oxygens (including phenoxy) is 1. The first-order chi connectivity index (χ1) is 16.0. The third kappa shape index (κ3) is 3.41. The van der Waals surface area contributed by atoms with Gasteiger partial charge in [0.1, 0.15) is 29.8 Å². The standard InChI is InChI=1S/C23H22F2N6O2/c24-18-5-14(31-11-15(33-22(31)32)8-28-4-3-26)6-19(25)21(18)13-1-2-20(30-7-13)23(12-27)16-9-29-10-17(16)23/h1-7,15-17,28-29H,8-11,26H2/p+1. The van der Waals surface area contributed by atoms with Crippen LogP contribution in [-0.4, -0.2) is 43.4 Å². The van der Waals surface area contributed by atoms with Crippen molar-refractivity contribution >= 4 is 11.8 Å². The molecule has 3 atom stereocenters. The summed E-state index contributed by atoms with van der Waals surface area (Å²) in [5.41, 5.74) is 5.42. The van der Waals surface area contributed by atoms with Crippen molar-refractivity contribution in [2.24, 2.45) is 17.6 Å². The quantitative estimate of drug-likeness (QED) is 0.599. The second-order valence-corrected chi connectivity index (χ2v) is 8.54. The predicted molar refractivity (Wildman–Crippen MR) is 114 cm³/mol. The van der Waals surface area contributed by atoms with Crippen molar-refractivity contribution in [2.45, 2.75) is 11.5 Å². The lowest BCUT2D eigenvalue weighted by molar-refractivity contribution is -0.594. The summed E-state index contributed by atoms with van der Waals surface area (Å²) in [5.74, 6) is -1.17. The van der Waals surface area contributed by atoms with Crippen LogP contribution in [0.5, 0.6) is 0 Å². The van der Waals surface area contributed by atoms with Crippen LogP contribution in [0, 0.1) is 34.8 Å². The number of anilines is 1. The summed E-state index contributed by atoms with van der Waals surface area (Å²) in [6, 6.07) is 7.91. The van der Waals surface area contributed by atoms with Crippen LogP contribution >= 0.6 is 0 Å². The van der Waals surface area contributed by atoms with Gasteiger partial charge in [0.25, 0.3) is 0 Å². The number of benzene rings is 1. The Bertz CT molecular complexity index is 1130. The van der Waals surface area contributed by atoms with Crippen molar-refractivity contribution in [3.63, 3.8) is 0 Å². The van der Waals surface area contributed by atoms with E-state index >= 15 is 0 Å². The average molecular weight is 453 g/mol. The van der Waals surface area contributed by atoms with Crippen LogP contribution in [0.25, 0.3) is 11.1 Å². The number of rotatable bonds is 6. The van der Waals surface area contributed by atoms with Gasteiger partial charge in [0.15, 0.2) is 6.10 Å². The zero-order valence-electron chi connectivity index (χ0n) is 17.7. The molecule has 0 spiro atoms. The fraction of sp³-hybridized carbons (Fsp3) is 0.348. The maximum Gasteiger partial charge on any atom is 0.414 e. The van der Waals surface area contributed by atoms with Crippen molar-refractivity contribution in [3.8, 4) is 17.2 Å². The molecule has 1 aromatic carbocycles. The number of amides is 1. The Morgan fingerprint density at radius 2 is 2.06 bits per heavy atom. The van der Waals surface area contributed by atoms with E-state index in [1.54, 1.807) is 23.6 Å². The van der Waals surface area contributed by atoms with E-state index in [1.165, 1.54) is 17.3 Å². The number of aromatic nitrogens is 1. The highest BCUT2D eigenvalue weighted by Gasteiger charge is 2.69. The van der Waals surface area contributed by atoms with Gasteiger partial charge in [-0.3, -0.25) is 9.88 Å². The number of nitrogens with zero attached hydrogens (tertiary/aromatic N) is 3. The van der Waals surface area contributed by atoms with Crippen molar-refractivity contribution in [3.05, 3.63) is 60.2 Å². The largest absolute Gasteiger partial charge is 0.438 e. The molecule has 2 aliphatic heterocycles. The fourth-order valence-corrected chi connectivity index (χ4v) is 5.08. The number of carbonyl (C=O) groups is 1. The summed E-state index contributed by atoms with van der Waals surface area (Å²) < 4.78 is 35.2. The minimum atomic E-state index is -0.809. The van der Waals surface area contributed by atoms with Crippen molar-refractivity contribution in [1.82, 2.24) is 10.3 Å². The van der Waals surface area contributed by atoms with Crippen molar-refractivity contribution in [1.29, 1.82) is 5.26 Å². The van der Waals surface area contributed by atoms with E-state index in [-0.39, 0.29) is 35.2 Å². The molecule has 170 valence electrons. The van der Waals surface area contributed by atoms with Gasteiger partial charge in [-0.1, -0.05) is 6.07 Å². The smallest absolute Gasteiger partial charge is 0.414 e. The predicted octanol–water partition coefficient (Wildman–Crippen LogP) is 0.956. The number of fused-ring (bicyclic) bond motifs is 1. The molecule has 1 saturated carbocycles. The Morgan fingerprint density at radius 1 is 1.33 bits per heavy atom. The third-order valence-corrected chi connectivity index (χ3v) is 6.79. The molecule has 0 bridgehead atoms. The van der Waals surface area contributed by atoms with Crippen LogP contribution in [0.2, 0.25) is 0 Å². The van der Waals surface area contributed by atoms with Crippen molar-refractivity contribution < 1.29 is 23.6 Å². The Labute approximate surface area is 189 Å². The first-order valence-electron chi connectivity index (χ1n) is 10.8. The monoisotopic (exact) mass is 453 g/mol. The number of nitrogens with one attached hydrogen (secondary N) is 1. The van der Waals surface area contributed by atoms with Gasteiger partial charge in [-0.2, -0.15) is 5.26 Å². The van der Waals surface area contributed by atoms with Gasteiger partial charge in [-0.25, -0.2) is 13.6 Å². The minimum absolute atomic E-state index is 0.0851. The zero-order chi connectivity index (χ0) is 23.2. The number of nitrogens with two attached hydrogens (primary N) is 2. The molecule has 1 aliphatic carbocycles. The highest BCUT2D eigenvalue weighted by atomic mass is 19.1. The number of pyridine rings is 1. The molecule has 10 heteroatoms. The van der Waals surface area contributed by atoms with E-state index in [0.29, 0.717) is 12.2 Å². The summed E-state index contributed by atoms with van der Waals surface area (Å²) >= 11 is 0. The van der Waals surface area contributed by atoms with E-state index in [1.807, 2.05) is 0 Å². The number of halogens is 2. The summed E-state index contributed by atoms with van der Waals surface area (Å²) in [7, 11) is 0. The normalized spacial score (nSPS) is 28.1.